The number of carbonyl (C=O) groups is 1. The van der Waals surface area contributed by atoms with Crippen LogP contribution in [0.1, 0.15) is 20.3 Å². The summed E-state index contributed by atoms with van der Waals surface area (Å²) in [6, 6.07) is 9.51. The summed E-state index contributed by atoms with van der Waals surface area (Å²) in [5, 5.41) is 9.14. The number of benzene rings is 1. The average molecular weight is 262 g/mol. The van der Waals surface area contributed by atoms with Gasteiger partial charge in [0.15, 0.2) is 0 Å². The van der Waals surface area contributed by atoms with Crippen LogP contribution >= 0.6 is 0 Å². The van der Waals surface area contributed by atoms with Gasteiger partial charge in [-0.15, -0.1) is 0 Å². The van der Waals surface area contributed by atoms with Crippen molar-refractivity contribution in [1.82, 2.24) is 4.90 Å². The number of rotatable bonds is 3. The Labute approximate surface area is 114 Å². The molecular weight excluding hydrogens is 240 g/mol. The van der Waals surface area contributed by atoms with Crippen LogP contribution in [0.25, 0.3) is 0 Å². The highest BCUT2D eigenvalue weighted by Gasteiger charge is 2.43. The van der Waals surface area contributed by atoms with E-state index in [9.17, 15) is 4.79 Å². The van der Waals surface area contributed by atoms with Crippen molar-refractivity contribution in [1.29, 1.82) is 0 Å². The molecule has 1 aromatic rings. The lowest BCUT2D eigenvalue weighted by atomic mass is 9.93. The topological polar surface area (TPSA) is 43.8 Å². The lowest BCUT2D eigenvalue weighted by Gasteiger charge is -2.49. The molecule has 1 fully saturated rings. The summed E-state index contributed by atoms with van der Waals surface area (Å²) in [7, 11) is 1.95. The second-order valence-electron chi connectivity index (χ2n) is 5.76. The fraction of sp³-hybridized carbons (Fsp3) is 0.533. The molecule has 0 aromatic heterocycles. The number of aliphatic hydroxyl groups is 1. The minimum Gasteiger partial charge on any atom is -0.396 e. The molecule has 1 unspecified atom stereocenters. The molecule has 1 aromatic carbocycles. The Morgan fingerprint density at radius 1 is 1.32 bits per heavy atom. The standard InChI is InChI=1S/C15H22N2O2/c1-15(2)11-16(3)13(9-10-18)14(19)17(15)12-7-5-4-6-8-12/h4-8,13,18H,9-11H2,1-3H3. The minimum atomic E-state index is -0.251. The second-order valence-corrected chi connectivity index (χ2v) is 5.76. The maximum Gasteiger partial charge on any atom is 0.244 e. The third-order valence-corrected chi connectivity index (χ3v) is 3.70. The number of carbonyl (C=O) groups excluding carboxylic acids is 1. The zero-order valence-electron chi connectivity index (χ0n) is 11.8. The van der Waals surface area contributed by atoms with Crippen LogP contribution in [-0.2, 0) is 4.79 Å². The summed E-state index contributed by atoms with van der Waals surface area (Å²) in [6.45, 7) is 4.97. The second kappa shape index (κ2) is 5.31. The summed E-state index contributed by atoms with van der Waals surface area (Å²) in [5.41, 5.74) is 0.674. The van der Waals surface area contributed by atoms with Crippen LogP contribution in [0.2, 0.25) is 0 Å². The fourth-order valence-corrected chi connectivity index (χ4v) is 2.95. The molecule has 1 amide bonds. The van der Waals surface area contributed by atoms with Crippen molar-refractivity contribution >= 4 is 11.6 Å². The summed E-state index contributed by atoms with van der Waals surface area (Å²) in [6.07, 6.45) is 0.481. The van der Waals surface area contributed by atoms with Gasteiger partial charge >= 0.3 is 0 Å². The van der Waals surface area contributed by atoms with E-state index in [-0.39, 0.29) is 24.1 Å². The molecule has 1 heterocycles. The van der Waals surface area contributed by atoms with Gasteiger partial charge in [0, 0.05) is 18.8 Å². The first kappa shape index (κ1) is 14.0. The average Bonchev–Trinajstić information content (AvgIpc) is 2.34. The van der Waals surface area contributed by atoms with E-state index in [0.717, 1.165) is 12.2 Å². The number of amides is 1. The molecule has 104 valence electrons. The highest BCUT2D eigenvalue weighted by molar-refractivity contribution is 5.99. The Balaban J connectivity index is 2.36. The molecule has 1 saturated heterocycles. The number of para-hydroxylation sites is 1. The van der Waals surface area contributed by atoms with E-state index in [4.69, 9.17) is 5.11 Å². The van der Waals surface area contributed by atoms with Crippen LogP contribution in [0.15, 0.2) is 30.3 Å². The van der Waals surface area contributed by atoms with Gasteiger partial charge in [-0.2, -0.15) is 0 Å². The van der Waals surface area contributed by atoms with Crippen molar-refractivity contribution in [2.75, 3.05) is 25.1 Å². The first-order chi connectivity index (χ1) is 8.97. The van der Waals surface area contributed by atoms with E-state index in [1.165, 1.54) is 0 Å². The summed E-state index contributed by atoms with van der Waals surface area (Å²) in [5.74, 6) is 0.0685. The largest absolute Gasteiger partial charge is 0.396 e. The van der Waals surface area contributed by atoms with Gasteiger partial charge in [-0.05, 0) is 39.4 Å². The van der Waals surface area contributed by atoms with E-state index < -0.39 is 0 Å². The van der Waals surface area contributed by atoms with Gasteiger partial charge in [-0.1, -0.05) is 18.2 Å². The molecule has 4 nitrogen and oxygen atoms in total. The van der Waals surface area contributed by atoms with Gasteiger partial charge < -0.3 is 10.0 Å². The van der Waals surface area contributed by atoms with Gasteiger partial charge in [0.1, 0.15) is 0 Å². The molecule has 1 N–H and O–H groups in total. The van der Waals surface area contributed by atoms with Crippen LogP contribution in [0.3, 0.4) is 0 Å². The molecule has 4 heteroatoms. The maximum atomic E-state index is 12.7. The molecule has 0 bridgehead atoms. The van der Waals surface area contributed by atoms with Gasteiger partial charge in [0.05, 0.1) is 11.6 Å². The number of piperazine rings is 1. The number of anilines is 1. The van der Waals surface area contributed by atoms with E-state index in [1.807, 2.05) is 47.2 Å². The van der Waals surface area contributed by atoms with Crippen LogP contribution in [0, 0.1) is 0 Å². The van der Waals surface area contributed by atoms with Crippen molar-refractivity contribution in [3.63, 3.8) is 0 Å². The van der Waals surface area contributed by atoms with Crippen molar-refractivity contribution in [3.05, 3.63) is 30.3 Å². The Bertz CT molecular complexity index is 445. The van der Waals surface area contributed by atoms with Crippen molar-refractivity contribution < 1.29 is 9.90 Å². The van der Waals surface area contributed by atoms with Crippen molar-refractivity contribution in [2.24, 2.45) is 0 Å². The number of hydrogen-bond acceptors (Lipinski definition) is 3. The molecular formula is C15H22N2O2. The highest BCUT2D eigenvalue weighted by atomic mass is 16.3. The molecule has 1 atom stereocenters. The predicted molar refractivity (Wildman–Crippen MR) is 76.1 cm³/mol. The Hall–Kier alpha value is -1.39. The van der Waals surface area contributed by atoms with E-state index in [1.54, 1.807) is 0 Å². The van der Waals surface area contributed by atoms with Gasteiger partial charge in [0.25, 0.3) is 0 Å². The highest BCUT2D eigenvalue weighted by Crippen LogP contribution is 2.31. The molecule has 2 rings (SSSR count). The third kappa shape index (κ3) is 2.65. The van der Waals surface area contributed by atoms with Crippen LogP contribution in [0.5, 0.6) is 0 Å². The van der Waals surface area contributed by atoms with Crippen molar-refractivity contribution in [2.45, 2.75) is 31.8 Å². The Kier molecular flexibility index (Phi) is 3.92. The third-order valence-electron chi connectivity index (χ3n) is 3.70. The Morgan fingerprint density at radius 3 is 2.53 bits per heavy atom. The number of hydrogen-bond donors (Lipinski definition) is 1. The van der Waals surface area contributed by atoms with E-state index in [0.29, 0.717) is 6.42 Å². The summed E-state index contributed by atoms with van der Waals surface area (Å²) in [4.78, 5) is 16.6. The van der Waals surface area contributed by atoms with E-state index >= 15 is 0 Å². The zero-order valence-corrected chi connectivity index (χ0v) is 11.8. The maximum absolute atomic E-state index is 12.7. The fourth-order valence-electron chi connectivity index (χ4n) is 2.95. The summed E-state index contributed by atoms with van der Waals surface area (Å²) < 4.78 is 0. The zero-order chi connectivity index (χ0) is 14.0. The van der Waals surface area contributed by atoms with Gasteiger partial charge in [-0.3, -0.25) is 9.69 Å². The van der Waals surface area contributed by atoms with Crippen LogP contribution < -0.4 is 4.90 Å². The Morgan fingerprint density at radius 2 is 1.95 bits per heavy atom. The first-order valence-electron chi connectivity index (χ1n) is 6.67. The van der Waals surface area contributed by atoms with Gasteiger partial charge in [-0.25, -0.2) is 0 Å². The monoisotopic (exact) mass is 262 g/mol. The number of aliphatic hydroxyl groups excluding tert-OH is 1. The number of nitrogens with zero attached hydrogens (tertiary/aromatic N) is 2. The molecule has 0 spiro atoms. The van der Waals surface area contributed by atoms with Gasteiger partial charge in [0.2, 0.25) is 5.91 Å². The predicted octanol–water partition coefficient (Wildman–Crippen LogP) is 1.49. The first-order valence-corrected chi connectivity index (χ1v) is 6.67. The molecule has 1 aliphatic rings. The molecule has 0 aliphatic carbocycles. The van der Waals surface area contributed by atoms with Crippen molar-refractivity contribution in [3.8, 4) is 0 Å². The van der Waals surface area contributed by atoms with Crippen LogP contribution in [-0.4, -0.2) is 47.7 Å². The summed E-state index contributed by atoms with van der Waals surface area (Å²) >= 11 is 0. The van der Waals surface area contributed by atoms with Crippen LogP contribution in [0.4, 0.5) is 5.69 Å². The quantitative estimate of drug-likeness (QED) is 0.897. The molecule has 0 radical (unpaired) electrons. The smallest absolute Gasteiger partial charge is 0.244 e. The lowest BCUT2D eigenvalue weighted by Crippen LogP contribution is -2.65. The normalized spacial score (nSPS) is 23.7. The lowest BCUT2D eigenvalue weighted by molar-refractivity contribution is -0.128. The van der Waals surface area contributed by atoms with E-state index in [2.05, 4.69) is 13.8 Å². The SMILES string of the molecule is CN1CC(C)(C)N(c2ccccc2)C(=O)C1CCO. The minimum absolute atomic E-state index is 0.0316. The molecule has 1 aliphatic heterocycles. The molecule has 0 saturated carbocycles. The molecule has 19 heavy (non-hydrogen) atoms. The number of likely N-dealkylation sites (N-methyl/N-ethyl adjacent to an activating group) is 1.